The first kappa shape index (κ1) is 7.48. The minimum atomic E-state index is -1.10. The summed E-state index contributed by atoms with van der Waals surface area (Å²) in [4.78, 5) is 0. The topological polar surface area (TPSA) is 12.0 Å². The van der Waals surface area contributed by atoms with Gasteiger partial charge in [-0.3, -0.25) is 0 Å². The summed E-state index contributed by atoms with van der Waals surface area (Å²) < 4.78 is 12.9. The molecule has 1 fully saturated rings. The van der Waals surface area contributed by atoms with E-state index in [-0.39, 0.29) is 4.32 Å². The van der Waals surface area contributed by atoms with Crippen LogP contribution in [0, 0.1) is 0 Å². The van der Waals surface area contributed by atoms with Crippen LogP contribution in [0.5, 0.6) is 0 Å². The van der Waals surface area contributed by atoms with E-state index in [4.69, 9.17) is 0 Å². The summed E-state index contributed by atoms with van der Waals surface area (Å²) in [5.74, 6) is 0. The SMILES string of the molecule is C[C@@]1(F)CNC[C@@]1(C)Br. The number of hydrogen-bond acceptors (Lipinski definition) is 1. The average Bonchev–Trinajstić information content (AvgIpc) is 1.81. The second kappa shape index (κ2) is 1.92. The molecule has 3 heteroatoms. The minimum absolute atomic E-state index is 0.375. The molecule has 0 bridgehead atoms. The predicted octanol–water partition coefficient (Wildman–Crippen LogP) is 1.47. The maximum absolute atomic E-state index is 13.3. The molecule has 1 aliphatic rings. The zero-order valence-electron chi connectivity index (χ0n) is 5.67. The molecule has 0 radical (unpaired) electrons. The first-order valence-electron chi connectivity index (χ1n) is 3.04. The van der Waals surface area contributed by atoms with Gasteiger partial charge in [0, 0.05) is 13.1 Å². The van der Waals surface area contributed by atoms with Crippen molar-refractivity contribution in [1.82, 2.24) is 5.32 Å². The maximum atomic E-state index is 13.3. The Kier molecular flexibility index (Phi) is 1.60. The third-order valence-corrected chi connectivity index (χ3v) is 3.11. The Morgan fingerprint density at radius 2 is 2.00 bits per heavy atom. The number of halogens is 2. The summed E-state index contributed by atoms with van der Waals surface area (Å²) in [6, 6.07) is 0. The van der Waals surface area contributed by atoms with Crippen LogP contribution in [0.15, 0.2) is 0 Å². The standard InChI is InChI=1S/C6H11BrFN/c1-5(7)3-9-4-6(5,2)8/h9H,3-4H2,1-2H3/t5-,6-/m1/s1. The van der Waals surface area contributed by atoms with Crippen LogP contribution in [0.25, 0.3) is 0 Å². The van der Waals surface area contributed by atoms with Crippen molar-refractivity contribution in [2.24, 2.45) is 0 Å². The van der Waals surface area contributed by atoms with Gasteiger partial charge in [0.1, 0.15) is 5.67 Å². The highest BCUT2D eigenvalue weighted by Crippen LogP contribution is 2.36. The molecule has 1 saturated heterocycles. The fraction of sp³-hybridized carbons (Fsp3) is 1.00. The van der Waals surface area contributed by atoms with Crippen LogP contribution in [-0.2, 0) is 0 Å². The van der Waals surface area contributed by atoms with E-state index in [0.29, 0.717) is 13.1 Å². The summed E-state index contributed by atoms with van der Waals surface area (Å²) in [7, 11) is 0. The first-order valence-corrected chi connectivity index (χ1v) is 3.84. The van der Waals surface area contributed by atoms with Gasteiger partial charge in [0.25, 0.3) is 0 Å². The molecule has 0 aliphatic carbocycles. The predicted molar refractivity (Wildman–Crippen MR) is 39.7 cm³/mol. The molecule has 1 nitrogen and oxygen atoms in total. The molecule has 0 spiro atoms. The van der Waals surface area contributed by atoms with E-state index in [2.05, 4.69) is 21.2 Å². The van der Waals surface area contributed by atoms with Crippen LogP contribution >= 0.6 is 15.9 Å². The Balaban J connectivity index is 2.75. The van der Waals surface area contributed by atoms with Gasteiger partial charge < -0.3 is 5.32 Å². The lowest BCUT2D eigenvalue weighted by Crippen LogP contribution is -2.39. The number of hydrogen-bond donors (Lipinski definition) is 1. The van der Waals surface area contributed by atoms with Crippen molar-refractivity contribution in [2.45, 2.75) is 23.8 Å². The van der Waals surface area contributed by atoms with E-state index in [0.717, 1.165) is 0 Å². The monoisotopic (exact) mass is 195 g/mol. The highest BCUT2D eigenvalue weighted by molar-refractivity contribution is 9.10. The van der Waals surface area contributed by atoms with Crippen molar-refractivity contribution in [3.05, 3.63) is 0 Å². The minimum Gasteiger partial charge on any atom is -0.312 e. The normalized spacial score (nSPS) is 52.0. The van der Waals surface area contributed by atoms with E-state index in [1.807, 2.05) is 6.92 Å². The zero-order chi connectivity index (χ0) is 7.12. The fourth-order valence-electron chi connectivity index (χ4n) is 0.901. The highest BCUT2D eigenvalue weighted by atomic mass is 79.9. The third kappa shape index (κ3) is 1.13. The van der Waals surface area contributed by atoms with Crippen LogP contribution < -0.4 is 5.32 Å². The summed E-state index contributed by atoms with van der Waals surface area (Å²) in [6.07, 6.45) is 0. The van der Waals surface area contributed by atoms with Crippen molar-refractivity contribution < 1.29 is 4.39 Å². The lowest BCUT2D eigenvalue weighted by molar-refractivity contribution is 0.187. The molecule has 0 amide bonds. The molecule has 1 rings (SSSR count). The Morgan fingerprint density at radius 1 is 1.44 bits per heavy atom. The molecule has 1 aliphatic heterocycles. The molecule has 0 aromatic carbocycles. The number of alkyl halides is 2. The zero-order valence-corrected chi connectivity index (χ0v) is 7.26. The van der Waals surface area contributed by atoms with Gasteiger partial charge in [0.2, 0.25) is 0 Å². The van der Waals surface area contributed by atoms with Gasteiger partial charge in [0.05, 0.1) is 4.32 Å². The summed E-state index contributed by atoms with van der Waals surface area (Å²) in [5, 5.41) is 2.98. The number of rotatable bonds is 0. The second-order valence-corrected chi connectivity index (χ2v) is 4.75. The Labute approximate surface area is 63.1 Å². The lowest BCUT2D eigenvalue weighted by atomic mass is 9.97. The molecule has 54 valence electrons. The van der Waals surface area contributed by atoms with E-state index in [1.54, 1.807) is 6.92 Å². The van der Waals surface area contributed by atoms with Crippen LogP contribution in [0.1, 0.15) is 13.8 Å². The molecule has 9 heavy (non-hydrogen) atoms. The van der Waals surface area contributed by atoms with E-state index < -0.39 is 5.67 Å². The van der Waals surface area contributed by atoms with Crippen molar-refractivity contribution in [2.75, 3.05) is 13.1 Å². The summed E-state index contributed by atoms with van der Waals surface area (Å²) in [5.41, 5.74) is -1.10. The van der Waals surface area contributed by atoms with Gasteiger partial charge in [0.15, 0.2) is 0 Å². The molecule has 2 atom stereocenters. The molecule has 0 unspecified atom stereocenters. The quantitative estimate of drug-likeness (QED) is 0.578. The Hall–Kier alpha value is 0.370. The number of nitrogens with one attached hydrogen (secondary N) is 1. The molecular weight excluding hydrogens is 185 g/mol. The highest BCUT2D eigenvalue weighted by Gasteiger charge is 2.47. The van der Waals surface area contributed by atoms with Gasteiger partial charge in [-0.25, -0.2) is 4.39 Å². The molecule has 0 aromatic heterocycles. The van der Waals surface area contributed by atoms with Crippen LogP contribution in [0.3, 0.4) is 0 Å². The molecule has 0 saturated carbocycles. The summed E-state index contributed by atoms with van der Waals surface area (Å²) >= 11 is 3.33. The fourth-order valence-corrected chi connectivity index (χ4v) is 1.24. The molecule has 1 heterocycles. The molecular formula is C6H11BrFN. The van der Waals surface area contributed by atoms with Gasteiger partial charge in [-0.15, -0.1) is 0 Å². The van der Waals surface area contributed by atoms with Gasteiger partial charge in [-0.1, -0.05) is 15.9 Å². The third-order valence-electron chi connectivity index (χ3n) is 2.00. The van der Waals surface area contributed by atoms with E-state index in [9.17, 15) is 4.39 Å². The smallest absolute Gasteiger partial charge is 0.136 e. The maximum Gasteiger partial charge on any atom is 0.136 e. The Bertz CT molecular complexity index is 108. The van der Waals surface area contributed by atoms with Crippen molar-refractivity contribution in [3.8, 4) is 0 Å². The van der Waals surface area contributed by atoms with Crippen LogP contribution in [0.2, 0.25) is 0 Å². The van der Waals surface area contributed by atoms with Gasteiger partial charge >= 0.3 is 0 Å². The van der Waals surface area contributed by atoms with E-state index >= 15 is 0 Å². The van der Waals surface area contributed by atoms with Crippen molar-refractivity contribution in [1.29, 1.82) is 0 Å². The van der Waals surface area contributed by atoms with Crippen molar-refractivity contribution >= 4 is 15.9 Å². The van der Waals surface area contributed by atoms with Gasteiger partial charge in [-0.05, 0) is 13.8 Å². The van der Waals surface area contributed by atoms with Crippen molar-refractivity contribution in [3.63, 3.8) is 0 Å². The molecule has 0 aromatic rings. The average molecular weight is 196 g/mol. The summed E-state index contributed by atoms with van der Waals surface area (Å²) in [6.45, 7) is 4.64. The largest absolute Gasteiger partial charge is 0.312 e. The van der Waals surface area contributed by atoms with Crippen LogP contribution in [-0.4, -0.2) is 23.1 Å². The first-order chi connectivity index (χ1) is 3.96. The van der Waals surface area contributed by atoms with Crippen LogP contribution in [0.4, 0.5) is 4.39 Å². The Morgan fingerprint density at radius 3 is 2.11 bits per heavy atom. The second-order valence-electron chi connectivity index (χ2n) is 3.00. The lowest BCUT2D eigenvalue weighted by Gasteiger charge is -2.26. The van der Waals surface area contributed by atoms with Gasteiger partial charge in [-0.2, -0.15) is 0 Å². The van der Waals surface area contributed by atoms with E-state index in [1.165, 1.54) is 0 Å². The molecule has 1 N–H and O–H groups in total.